The van der Waals surface area contributed by atoms with E-state index in [-0.39, 0.29) is 51.4 Å². The van der Waals surface area contributed by atoms with Gasteiger partial charge in [0.25, 0.3) is 0 Å². The van der Waals surface area contributed by atoms with Crippen molar-refractivity contribution in [2.24, 2.45) is 5.92 Å². The van der Waals surface area contributed by atoms with Crippen molar-refractivity contribution in [3.8, 4) is 0 Å². The zero-order valence-corrected chi connectivity index (χ0v) is 11.6. The Morgan fingerprint density at radius 1 is 1.60 bits per heavy atom. The summed E-state index contributed by atoms with van der Waals surface area (Å²) in [6, 6.07) is 0. The molecule has 0 bridgehead atoms. The maximum absolute atomic E-state index is 4.95. The van der Waals surface area contributed by atoms with Crippen molar-refractivity contribution in [3.05, 3.63) is 0 Å². The summed E-state index contributed by atoms with van der Waals surface area (Å²) >= 11 is 8.40. The molecule has 0 aromatic rings. The first-order valence-corrected chi connectivity index (χ1v) is 3.84. The number of hydrogen-bond acceptors (Lipinski definition) is 2. The van der Waals surface area contributed by atoms with Crippen LogP contribution in [0.2, 0.25) is 0 Å². The van der Waals surface area contributed by atoms with E-state index in [1.165, 1.54) is 0 Å². The molecule has 4 heteroatoms. The molecule has 0 saturated heterocycles. The molecule has 0 amide bonds. The minimum atomic E-state index is 0. The van der Waals surface area contributed by atoms with E-state index in [0.29, 0.717) is 16.9 Å². The minimum absolute atomic E-state index is 0. The maximum Gasteiger partial charge on any atom is 0.216 e. The quantitative estimate of drug-likeness (QED) is 0.426. The summed E-state index contributed by atoms with van der Waals surface area (Å²) in [7, 11) is 0. The zero-order valence-electron chi connectivity index (χ0n) is 6.76. The first kappa shape index (κ1) is 14.4. The number of rotatable bonds is 3. The van der Waals surface area contributed by atoms with E-state index in [2.05, 4.69) is 38.7 Å². The molecule has 0 spiro atoms. The van der Waals surface area contributed by atoms with Crippen molar-refractivity contribution in [2.45, 2.75) is 20.3 Å². The summed E-state index contributed by atoms with van der Waals surface area (Å²) in [5, 5.41) is 0. The second-order valence-corrected chi connectivity index (χ2v) is 3.38. The summed E-state index contributed by atoms with van der Waals surface area (Å²) < 4.78 is 5.29. The molecule has 0 aromatic carbocycles. The van der Waals surface area contributed by atoms with Gasteiger partial charge in [-0.25, -0.2) is 0 Å². The van der Waals surface area contributed by atoms with E-state index in [4.69, 9.17) is 4.74 Å². The normalized spacial score (nSPS) is 8.80. The Kier molecular flexibility index (Phi) is 12.9. The molecule has 1 nitrogen and oxygen atoms in total. The van der Waals surface area contributed by atoms with Gasteiger partial charge in [0.05, 0.1) is 6.61 Å². The van der Waals surface area contributed by atoms with Crippen LogP contribution in [0.5, 0.6) is 0 Å². The van der Waals surface area contributed by atoms with Crippen LogP contribution >= 0.6 is 24.8 Å². The Hall–Kier alpha value is 1.88. The molecule has 0 N–H and O–H groups in total. The molecule has 0 aliphatic rings. The fraction of sp³-hybridized carbons (Fsp3) is 0.833. The van der Waals surface area contributed by atoms with Crippen molar-refractivity contribution in [2.75, 3.05) is 6.61 Å². The predicted molar refractivity (Wildman–Crippen MR) is 52.7 cm³/mol. The van der Waals surface area contributed by atoms with Gasteiger partial charge in [-0.15, -0.1) is 0 Å². The summed E-state index contributed by atoms with van der Waals surface area (Å²) in [5.41, 5.74) is 0. The summed E-state index contributed by atoms with van der Waals surface area (Å²) in [5.74, 6) is 0.674. The Morgan fingerprint density at radius 2 is 2.10 bits per heavy atom. The van der Waals surface area contributed by atoms with E-state index in [0.717, 1.165) is 6.42 Å². The smallest absolute Gasteiger partial charge is 0.216 e. The third-order valence-electron chi connectivity index (χ3n) is 0.921. The Balaban J connectivity index is 0. The molecule has 0 saturated carbocycles. The zero-order chi connectivity index (χ0) is 7.28. The fourth-order valence-electron chi connectivity index (χ4n) is 0.382. The van der Waals surface area contributed by atoms with Crippen LogP contribution in [0.3, 0.4) is 0 Å². The summed E-state index contributed by atoms with van der Waals surface area (Å²) in [6.07, 6.45) is 1.04. The van der Waals surface area contributed by atoms with Gasteiger partial charge in [-0.2, -0.15) is 0 Å². The molecule has 0 rings (SSSR count). The maximum atomic E-state index is 4.95. The van der Waals surface area contributed by atoms with Crippen molar-refractivity contribution >= 4 is 80.6 Å². The summed E-state index contributed by atoms with van der Waals surface area (Å²) in [6.45, 7) is 4.98. The number of hydrogen-bond donors (Lipinski definition) is 1. The van der Waals surface area contributed by atoms with Gasteiger partial charge in [0.2, 0.25) is 4.38 Å². The predicted octanol–water partition coefficient (Wildman–Crippen LogP) is 1.88. The molecule has 0 aliphatic heterocycles. The van der Waals surface area contributed by atoms with Gasteiger partial charge in [0, 0.05) is 51.4 Å². The van der Waals surface area contributed by atoms with Crippen molar-refractivity contribution in [1.29, 1.82) is 0 Å². The van der Waals surface area contributed by atoms with Crippen LogP contribution < -0.4 is 0 Å². The van der Waals surface area contributed by atoms with Crippen LogP contribution in [0.15, 0.2) is 0 Å². The second kappa shape index (κ2) is 8.97. The molecule has 0 aliphatic carbocycles. The topological polar surface area (TPSA) is 9.23 Å². The number of thiol groups is 1. The van der Waals surface area contributed by atoms with Crippen LogP contribution in [0.4, 0.5) is 0 Å². The standard InChI is InChI=1S/C6H12OS2.K/c1-5(2)3-4-7-6(8)9;/h5H,3-4H2,1-2H3,(H,8,9);. The monoisotopic (exact) mass is 203 g/mol. The van der Waals surface area contributed by atoms with Crippen molar-refractivity contribution in [1.82, 2.24) is 0 Å². The van der Waals surface area contributed by atoms with E-state index in [1.807, 2.05) is 0 Å². The Morgan fingerprint density at radius 3 is 2.40 bits per heavy atom. The molecule has 0 heterocycles. The molecular formula is C6H12KOS2. The van der Waals surface area contributed by atoms with E-state index in [1.54, 1.807) is 0 Å². The number of ether oxygens (including phenoxy) is 1. The SMILES string of the molecule is CC(C)CCOC(=S)S.[K]. The van der Waals surface area contributed by atoms with Crippen molar-refractivity contribution < 1.29 is 4.74 Å². The molecule has 55 valence electrons. The third-order valence-corrected chi connectivity index (χ3v) is 1.17. The van der Waals surface area contributed by atoms with E-state index >= 15 is 0 Å². The average Bonchev–Trinajstić information content (AvgIpc) is 1.63. The van der Waals surface area contributed by atoms with E-state index in [9.17, 15) is 0 Å². The second-order valence-electron chi connectivity index (χ2n) is 2.30. The first-order chi connectivity index (χ1) is 4.13. The number of thiocarbonyl (C=S) groups is 1. The van der Waals surface area contributed by atoms with Crippen LogP contribution in [-0.4, -0.2) is 62.4 Å². The van der Waals surface area contributed by atoms with Crippen LogP contribution in [0, 0.1) is 5.92 Å². The van der Waals surface area contributed by atoms with Crippen LogP contribution in [0.25, 0.3) is 0 Å². The van der Waals surface area contributed by atoms with E-state index < -0.39 is 0 Å². The third kappa shape index (κ3) is 12.5. The van der Waals surface area contributed by atoms with Crippen molar-refractivity contribution in [3.63, 3.8) is 0 Å². The summed E-state index contributed by atoms with van der Waals surface area (Å²) in [4.78, 5) is 0. The fourth-order valence-corrected chi connectivity index (χ4v) is 0.557. The molecule has 0 fully saturated rings. The molecule has 1 radical (unpaired) electrons. The van der Waals surface area contributed by atoms with Gasteiger partial charge in [-0.1, -0.05) is 26.5 Å². The van der Waals surface area contributed by atoms with Gasteiger partial charge in [0.1, 0.15) is 0 Å². The van der Waals surface area contributed by atoms with Crippen LogP contribution in [0.1, 0.15) is 20.3 Å². The van der Waals surface area contributed by atoms with Crippen LogP contribution in [-0.2, 0) is 4.74 Å². The minimum Gasteiger partial charge on any atom is -0.479 e. The molecule has 0 unspecified atom stereocenters. The molecule has 0 aromatic heterocycles. The van der Waals surface area contributed by atoms with Gasteiger partial charge < -0.3 is 4.74 Å². The Labute approximate surface area is 116 Å². The molecule has 10 heavy (non-hydrogen) atoms. The first-order valence-electron chi connectivity index (χ1n) is 2.98. The molecular weight excluding hydrogens is 191 g/mol. The largest absolute Gasteiger partial charge is 0.479 e. The molecule has 0 atom stereocenters. The van der Waals surface area contributed by atoms with Gasteiger partial charge in [0.15, 0.2) is 0 Å². The van der Waals surface area contributed by atoms with Gasteiger partial charge in [-0.3, -0.25) is 0 Å². The average molecular weight is 203 g/mol. The Bertz CT molecular complexity index is 95.7. The van der Waals surface area contributed by atoms with Gasteiger partial charge in [-0.05, 0) is 24.6 Å². The van der Waals surface area contributed by atoms with Gasteiger partial charge >= 0.3 is 0 Å².